The maximum atomic E-state index is 12.6. The van der Waals surface area contributed by atoms with Crippen LogP contribution in [0.1, 0.15) is 17.9 Å². The van der Waals surface area contributed by atoms with E-state index in [9.17, 15) is 14.7 Å². The van der Waals surface area contributed by atoms with Crippen LogP contribution in [0.25, 0.3) is 0 Å². The SMILES string of the molecule is CC(CS)C(=O)N1C(c2c(Cl)cccc2Cl)SC[C@H]1C(=O)O. The number of benzene rings is 1. The van der Waals surface area contributed by atoms with Gasteiger partial charge in [-0.25, -0.2) is 4.79 Å². The van der Waals surface area contributed by atoms with Crippen molar-refractivity contribution in [2.45, 2.75) is 18.3 Å². The van der Waals surface area contributed by atoms with Gasteiger partial charge < -0.3 is 10.0 Å². The Bertz CT molecular complexity index is 579. The van der Waals surface area contributed by atoms with Crippen molar-refractivity contribution in [3.8, 4) is 0 Å². The molecule has 22 heavy (non-hydrogen) atoms. The number of rotatable bonds is 4. The van der Waals surface area contributed by atoms with Crippen LogP contribution in [0.2, 0.25) is 10.0 Å². The van der Waals surface area contributed by atoms with Gasteiger partial charge in [-0.2, -0.15) is 12.6 Å². The number of nitrogens with zero attached hydrogens (tertiary/aromatic N) is 1. The first kappa shape index (κ1) is 17.8. The maximum Gasteiger partial charge on any atom is 0.327 e. The van der Waals surface area contributed by atoms with Crippen LogP contribution >= 0.6 is 47.6 Å². The molecule has 0 aliphatic carbocycles. The number of amides is 1. The van der Waals surface area contributed by atoms with Crippen molar-refractivity contribution in [3.63, 3.8) is 0 Å². The molecule has 0 radical (unpaired) electrons. The third kappa shape index (κ3) is 3.35. The van der Waals surface area contributed by atoms with E-state index in [0.717, 1.165) is 0 Å². The predicted molar refractivity (Wildman–Crippen MR) is 92.9 cm³/mol. The summed E-state index contributed by atoms with van der Waals surface area (Å²) >= 11 is 17.9. The van der Waals surface area contributed by atoms with Crippen molar-refractivity contribution < 1.29 is 14.7 Å². The zero-order valence-corrected chi connectivity index (χ0v) is 14.9. The van der Waals surface area contributed by atoms with Gasteiger partial charge in [-0.05, 0) is 12.1 Å². The van der Waals surface area contributed by atoms with Crippen LogP contribution in [0.5, 0.6) is 0 Å². The zero-order valence-electron chi connectivity index (χ0n) is 11.7. The molecule has 1 aliphatic heterocycles. The number of halogens is 2. The van der Waals surface area contributed by atoms with E-state index in [2.05, 4.69) is 12.6 Å². The summed E-state index contributed by atoms with van der Waals surface area (Å²) in [6.45, 7) is 1.72. The van der Waals surface area contributed by atoms with Crippen LogP contribution in [-0.2, 0) is 9.59 Å². The molecule has 1 N–H and O–H groups in total. The van der Waals surface area contributed by atoms with Gasteiger partial charge in [-0.1, -0.05) is 36.2 Å². The fourth-order valence-electron chi connectivity index (χ4n) is 2.27. The topological polar surface area (TPSA) is 57.6 Å². The number of carbonyl (C=O) groups is 2. The zero-order chi connectivity index (χ0) is 16.4. The summed E-state index contributed by atoms with van der Waals surface area (Å²) in [6, 6.07) is 4.19. The highest BCUT2D eigenvalue weighted by Crippen LogP contribution is 2.47. The predicted octanol–water partition coefficient (Wildman–Crippen LogP) is 3.59. The third-order valence-electron chi connectivity index (χ3n) is 3.48. The van der Waals surface area contributed by atoms with Crippen molar-refractivity contribution in [3.05, 3.63) is 33.8 Å². The molecule has 4 nitrogen and oxygen atoms in total. The molecule has 2 rings (SSSR count). The smallest absolute Gasteiger partial charge is 0.327 e. The molecule has 1 aromatic carbocycles. The van der Waals surface area contributed by atoms with E-state index >= 15 is 0 Å². The second kappa shape index (κ2) is 7.34. The molecule has 2 unspecified atom stereocenters. The van der Waals surface area contributed by atoms with Crippen LogP contribution in [0.4, 0.5) is 0 Å². The highest BCUT2D eigenvalue weighted by Gasteiger charge is 2.44. The minimum Gasteiger partial charge on any atom is -0.480 e. The third-order valence-corrected chi connectivity index (χ3v) is 5.98. The van der Waals surface area contributed by atoms with Gasteiger partial charge in [0.2, 0.25) is 5.91 Å². The van der Waals surface area contributed by atoms with E-state index in [4.69, 9.17) is 23.2 Å². The quantitative estimate of drug-likeness (QED) is 0.784. The van der Waals surface area contributed by atoms with E-state index in [0.29, 0.717) is 27.1 Å². The summed E-state index contributed by atoms with van der Waals surface area (Å²) in [5.74, 6) is -1.03. The molecular weight excluding hydrogens is 365 g/mol. The van der Waals surface area contributed by atoms with Gasteiger partial charge in [0.1, 0.15) is 11.4 Å². The Labute approximate surface area is 148 Å². The summed E-state index contributed by atoms with van der Waals surface area (Å²) in [5, 5.41) is 9.74. The Morgan fingerprint density at radius 3 is 2.55 bits per heavy atom. The average Bonchev–Trinajstić information content (AvgIpc) is 2.90. The van der Waals surface area contributed by atoms with Crippen molar-refractivity contribution in [2.24, 2.45) is 5.92 Å². The van der Waals surface area contributed by atoms with Gasteiger partial charge in [0.15, 0.2) is 0 Å². The highest BCUT2D eigenvalue weighted by atomic mass is 35.5. The summed E-state index contributed by atoms with van der Waals surface area (Å²) in [6.07, 6.45) is 0. The lowest BCUT2D eigenvalue weighted by Gasteiger charge is -2.30. The van der Waals surface area contributed by atoms with E-state index in [1.165, 1.54) is 16.7 Å². The number of carbonyl (C=O) groups excluding carboxylic acids is 1. The molecular formula is C14H15Cl2NO3S2. The number of carboxylic acids is 1. The number of thiol groups is 1. The fourth-order valence-corrected chi connectivity index (χ4v) is 4.66. The Morgan fingerprint density at radius 1 is 1.45 bits per heavy atom. The summed E-state index contributed by atoms with van der Waals surface area (Å²) in [7, 11) is 0. The van der Waals surface area contributed by atoms with Crippen LogP contribution in [0.3, 0.4) is 0 Å². The Balaban J connectivity index is 2.46. The van der Waals surface area contributed by atoms with Crippen molar-refractivity contribution in [1.29, 1.82) is 0 Å². The summed E-state index contributed by atoms with van der Waals surface area (Å²) in [4.78, 5) is 25.5. The lowest BCUT2D eigenvalue weighted by atomic mass is 10.1. The molecule has 1 saturated heterocycles. The largest absolute Gasteiger partial charge is 0.480 e. The molecule has 120 valence electrons. The van der Waals surface area contributed by atoms with Gasteiger partial charge >= 0.3 is 5.97 Å². The molecule has 0 saturated carbocycles. The van der Waals surface area contributed by atoms with Gasteiger partial charge in [-0.15, -0.1) is 11.8 Å². The number of hydrogen-bond donors (Lipinski definition) is 2. The molecule has 0 aromatic heterocycles. The van der Waals surface area contributed by atoms with Gasteiger partial charge in [0.25, 0.3) is 0 Å². The van der Waals surface area contributed by atoms with E-state index in [1.807, 2.05) is 0 Å². The van der Waals surface area contributed by atoms with Crippen molar-refractivity contribution >= 4 is 59.5 Å². The van der Waals surface area contributed by atoms with Crippen molar-refractivity contribution in [2.75, 3.05) is 11.5 Å². The number of carboxylic acid groups (broad SMARTS) is 1. The lowest BCUT2D eigenvalue weighted by Crippen LogP contribution is -2.45. The molecule has 1 fully saturated rings. The second-order valence-electron chi connectivity index (χ2n) is 5.00. The molecule has 1 heterocycles. The molecule has 1 aliphatic rings. The molecule has 1 aromatic rings. The van der Waals surface area contributed by atoms with E-state index in [1.54, 1.807) is 25.1 Å². The summed E-state index contributed by atoms with van der Waals surface area (Å²) in [5.41, 5.74) is 0.583. The monoisotopic (exact) mass is 379 g/mol. The molecule has 3 atom stereocenters. The maximum absolute atomic E-state index is 12.6. The van der Waals surface area contributed by atoms with Gasteiger partial charge in [-0.3, -0.25) is 4.79 Å². The van der Waals surface area contributed by atoms with Crippen molar-refractivity contribution in [1.82, 2.24) is 4.90 Å². The first-order valence-corrected chi connectivity index (χ1v) is 9.03. The standard InChI is InChI=1S/C14H15Cl2NO3S2/c1-7(5-21)12(18)17-10(14(19)20)6-22-13(17)11-8(15)3-2-4-9(11)16/h2-4,7,10,13,21H,5-6H2,1H3,(H,19,20)/t7?,10-,13?/m0/s1. The van der Waals surface area contributed by atoms with Crippen LogP contribution in [-0.4, -0.2) is 39.4 Å². The van der Waals surface area contributed by atoms with Crippen LogP contribution in [0, 0.1) is 5.92 Å². The van der Waals surface area contributed by atoms with Crippen LogP contribution in [0.15, 0.2) is 18.2 Å². The Hall–Kier alpha value is -0.560. The minimum absolute atomic E-state index is 0.256. The number of aliphatic carboxylic acids is 1. The molecule has 1 amide bonds. The lowest BCUT2D eigenvalue weighted by molar-refractivity contribution is -0.150. The second-order valence-corrected chi connectivity index (χ2v) is 7.30. The first-order chi connectivity index (χ1) is 10.4. The molecule has 0 bridgehead atoms. The number of hydrogen-bond acceptors (Lipinski definition) is 4. The number of thioether (sulfide) groups is 1. The average molecular weight is 380 g/mol. The molecule has 0 spiro atoms. The van der Waals surface area contributed by atoms with Gasteiger partial charge in [0.05, 0.1) is 0 Å². The Morgan fingerprint density at radius 2 is 2.05 bits per heavy atom. The summed E-state index contributed by atoms with van der Waals surface area (Å²) < 4.78 is 0. The fraction of sp³-hybridized carbons (Fsp3) is 0.429. The normalized spacial score (nSPS) is 22.6. The first-order valence-electron chi connectivity index (χ1n) is 6.59. The van der Waals surface area contributed by atoms with E-state index < -0.39 is 17.4 Å². The Kier molecular flexibility index (Phi) is 5.94. The minimum atomic E-state index is -1.03. The van der Waals surface area contributed by atoms with Gasteiger partial charge in [0, 0.05) is 33.0 Å². The van der Waals surface area contributed by atoms with Crippen LogP contribution < -0.4 is 0 Å². The molecule has 8 heteroatoms. The van der Waals surface area contributed by atoms with E-state index in [-0.39, 0.29) is 11.8 Å². The highest BCUT2D eigenvalue weighted by molar-refractivity contribution is 7.99.